The number of aromatic nitrogens is 1. The van der Waals surface area contributed by atoms with E-state index in [0.29, 0.717) is 18.7 Å². The van der Waals surface area contributed by atoms with Crippen LogP contribution in [0, 0.1) is 6.92 Å². The molecular weight excluding hydrogens is 413 g/mol. The molecule has 0 aliphatic rings. The van der Waals surface area contributed by atoms with Gasteiger partial charge >= 0.3 is 0 Å². The van der Waals surface area contributed by atoms with Crippen LogP contribution in [-0.2, 0) is 10.5 Å². The van der Waals surface area contributed by atoms with Crippen LogP contribution >= 0.6 is 47.9 Å². The van der Waals surface area contributed by atoms with Crippen molar-refractivity contribution in [2.24, 2.45) is 0 Å². The summed E-state index contributed by atoms with van der Waals surface area (Å²) in [5.41, 5.74) is 1.77. The number of rotatable bonds is 10. The highest BCUT2D eigenvalue weighted by Gasteiger charge is 2.11. The lowest BCUT2D eigenvalue weighted by Gasteiger charge is -2.10. The summed E-state index contributed by atoms with van der Waals surface area (Å²) < 4.78 is 4.96. The molecule has 1 aromatic carbocycles. The van der Waals surface area contributed by atoms with E-state index in [9.17, 15) is 4.79 Å². The number of benzene rings is 1. The highest BCUT2D eigenvalue weighted by molar-refractivity contribution is 7.98. The molecule has 1 aromatic heterocycles. The molecule has 0 saturated heterocycles. The summed E-state index contributed by atoms with van der Waals surface area (Å²) in [7, 11) is 1.67. The lowest BCUT2D eigenvalue weighted by molar-refractivity contribution is 0.0951. The number of amides is 1. The molecule has 0 bridgehead atoms. The molecule has 0 atom stereocenters. The maximum atomic E-state index is 12.4. The Balaban J connectivity index is 0.00000312. The van der Waals surface area contributed by atoms with E-state index >= 15 is 0 Å². The Kier molecular flexibility index (Phi) is 13.8. The molecular formula is C17H25Cl2N3O2S2. The highest BCUT2D eigenvalue weighted by atomic mass is 35.5. The summed E-state index contributed by atoms with van der Waals surface area (Å²) in [6.45, 7) is 4.77. The molecule has 0 unspecified atom stereocenters. The van der Waals surface area contributed by atoms with Crippen molar-refractivity contribution in [3.05, 3.63) is 45.9 Å². The quantitative estimate of drug-likeness (QED) is 0.439. The molecule has 9 heteroatoms. The van der Waals surface area contributed by atoms with Gasteiger partial charge < -0.3 is 15.4 Å². The van der Waals surface area contributed by atoms with E-state index in [1.165, 1.54) is 0 Å². The zero-order chi connectivity index (χ0) is 17.2. The van der Waals surface area contributed by atoms with E-state index in [4.69, 9.17) is 4.74 Å². The molecule has 0 aliphatic heterocycles. The van der Waals surface area contributed by atoms with E-state index in [-0.39, 0.29) is 30.7 Å². The summed E-state index contributed by atoms with van der Waals surface area (Å²) in [4.78, 5) is 17.8. The zero-order valence-corrected chi connectivity index (χ0v) is 18.1. The third-order valence-corrected chi connectivity index (χ3v) is 5.17. The maximum absolute atomic E-state index is 12.4. The molecule has 0 aliphatic carbocycles. The first kappa shape index (κ1) is 25.2. The summed E-state index contributed by atoms with van der Waals surface area (Å²) >= 11 is 3.29. The number of methoxy groups -OCH3 is 1. The van der Waals surface area contributed by atoms with Crippen LogP contribution in [0.25, 0.3) is 0 Å². The number of hydrogen-bond donors (Lipinski definition) is 2. The average molecular weight is 438 g/mol. The van der Waals surface area contributed by atoms with Gasteiger partial charge in [0, 0.05) is 42.8 Å². The number of nitrogens with one attached hydrogen (secondary N) is 2. The molecule has 2 aromatic rings. The smallest absolute Gasteiger partial charge is 0.252 e. The Hall–Kier alpha value is -0.830. The van der Waals surface area contributed by atoms with E-state index in [0.717, 1.165) is 34.4 Å². The number of hydrogen-bond acceptors (Lipinski definition) is 6. The first-order valence-corrected chi connectivity index (χ1v) is 9.68. The van der Waals surface area contributed by atoms with Gasteiger partial charge in [-0.3, -0.25) is 4.79 Å². The number of thioether (sulfide) groups is 1. The minimum absolute atomic E-state index is 0. The van der Waals surface area contributed by atoms with Crippen LogP contribution in [-0.4, -0.2) is 44.2 Å². The average Bonchev–Trinajstić information content (AvgIpc) is 3.01. The number of carbonyl (C=O) groups is 1. The monoisotopic (exact) mass is 437 g/mol. The number of ether oxygens (including phenoxy) is 1. The van der Waals surface area contributed by atoms with Gasteiger partial charge in [-0.05, 0) is 19.1 Å². The molecule has 146 valence electrons. The fourth-order valence-electron chi connectivity index (χ4n) is 2.07. The Morgan fingerprint density at radius 1 is 1.23 bits per heavy atom. The first-order valence-electron chi connectivity index (χ1n) is 7.81. The molecule has 0 saturated carbocycles. The molecule has 1 heterocycles. The van der Waals surface area contributed by atoms with Crippen LogP contribution in [0.5, 0.6) is 0 Å². The fourth-order valence-corrected chi connectivity index (χ4v) is 3.73. The van der Waals surface area contributed by atoms with Gasteiger partial charge in [-0.15, -0.1) is 47.9 Å². The summed E-state index contributed by atoms with van der Waals surface area (Å²) in [5, 5.41) is 9.29. The molecule has 5 nitrogen and oxygen atoms in total. The highest BCUT2D eigenvalue weighted by Crippen LogP contribution is 2.26. The third-order valence-electron chi connectivity index (χ3n) is 3.24. The van der Waals surface area contributed by atoms with E-state index in [1.807, 2.05) is 31.2 Å². The molecule has 0 fully saturated rings. The van der Waals surface area contributed by atoms with Crippen molar-refractivity contribution < 1.29 is 9.53 Å². The third kappa shape index (κ3) is 8.70. The fraction of sp³-hybridized carbons (Fsp3) is 0.412. The molecule has 1 amide bonds. The van der Waals surface area contributed by atoms with Gasteiger partial charge in [-0.2, -0.15) is 0 Å². The van der Waals surface area contributed by atoms with Crippen molar-refractivity contribution in [3.8, 4) is 0 Å². The van der Waals surface area contributed by atoms with Gasteiger partial charge in [0.2, 0.25) is 0 Å². The van der Waals surface area contributed by atoms with Crippen molar-refractivity contribution >= 4 is 53.8 Å². The van der Waals surface area contributed by atoms with E-state index in [2.05, 4.69) is 21.0 Å². The minimum atomic E-state index is -0.0406. The molecule has 26 heavy (non-hydrogen) atoms. The lowest BCUT2D eigenvalue weighted by Crippen LogP contribution is -2.33. The Morgan fingerprint density at radius 2 is 2.00 bits per heavy atom. The number of aryl methyl sites for hydroxylation is 1. The Labute approximate surface area is 175 Å². The van der Waals surface area contributed by atoms with Crippen LogP contribution in [0.3, 0.4) is 0 Å². The maximum Gasteiger partial charge on any atom is 0.252 e. The Bertz CT molecular complexity index is 656. The number of thiazole rings is 1. The van der Waals surface area contributed by atoms with Crippen molar-refractivity contribution in [2.75, 3.05) is 33.4 Å². The summed E-state index contributed by atoms with van der Waals surface area (Å²) in [6.07, 6.45) is 0. The van der Waals surface area contributed by atoms with Crippen LogP contribution in [0.4, 0.5) is 0 Å². The number of carbonyl (C=O) groups excluding carboxylic acids is 1. The van der Waals surface area contributed by atoms with Gasteiger partial charge in [0.1, 0.15) is 0 Å². The number of halogens is 2. The zero-order valence-electron chi connectivity index (χ0n) is 14.8. The van der Waals surface area contributed by atoms with E-state index in [1.54, 1.807) is 30.2 Å². The predicted octanol–water partition coefficient (Wildman–Crippen LogP) is 3.55. The molecule has 0 radical (unpaired) electrons. The van der Waals surface area contributed by atoms with Crippen molar-refractivity contribution in [1.82, 2.24) is 15.6 Å². The van der Waals surface area contributed by atoms with Gasteiger partial charge in [0.25, 0.3) is 5.91 Å². The SMILES string of the molecule is COCCNCCNC(=O)c1ccccc1SCc1csc(C)n1.Cl.Cl. The standard InChI is InChI=1S/C17H23N3O2S2.2ClH/c1-13-20-14(11-23-13)12-24-16-6-4-3-5-15(16)17(21)19-8-7-18-9-10-22-2;;/h3-6,11,18H,7-10,12H2,1-2H3,(H,19,21);2*1H. The van der Waals surface area contributed by atoms with Gasteiger partial charge in [0.15, 0.2) is 0 Å². The van der Waals surface area contributed by atoms with Crippen LogP contribution < -0.4 is 10.6 Å². The van der Waals surface area contributed by atoms with E-state index < -0.39 is 0 Å². The second kappa shape index (κ2) is 14.3. The van der Waals surface area contributed by atoms with Gasteiger partial charge in [0.05, 0.1) is 22.9 Å². The van der Waals surface area contributed by atoms with Crippen LogP contribution in [0.15, 0.2) is 34.5 Å². The second-order valence-corrected chi connectivity index (χ2v) is 7.22. The van der Waals surface area contributed by atoms with Crippen molar-refractivity contribution in [2.45, 2.75) is 17.6 Å². The number of nitrogens with zero attached hydrogens (tertiary/aromatic N) is 1. The van der Waals surface area contributed by atoms with Crippen molar-refractivity contribution in [3.63, 3.8) is 0 Å². The Morgan fingerprint density at radius 3 is 2.69 bits per heavy atom. The molecule has 2 N–H and O–H groups in total. The largest absolute Gasteiger partial charge is 0.383 e. The van der Waals surface area contributed by atoms with Crippen molar-refractivity contribution in [1.29, 1.82) is 0 Å². The lowest BCUT2D eigenvalue weighted by atomic mass is 10.2. The first-order chi connectivity index (χ1) is 11.7. The summed E-state index contributed by atoms with van der Waals surface area (Å²) in [5.74, 6) is 0.730. The summed E-state index contributed by atoms with van der Waals surface area (Å²) in [6, 6.07) is 7.69. The van der Waals surface area contributed by atoms with Crippen LogP contribution in [0.2, 0.25) is 0 Å². The normalized spacial score (nSPS) is 9.92. The van der Waals surface area contributed by atoms with Gasteiger partial charge in [-0.1, -0.05) is 12.1 Å². The minimum Gasteiger partial charge on any atom is -0.383 e. The molecule has 2 rings (SSSR count). The van der Waals surface area contributed by atoms with Gasteiger partial charge in [-0.25, -0.2) is 4.98 Å². The predicted molar refractivity (Wildman–Crippen MR) is 114 cm³/mol. The molecule has 0 spiro atoms. The van der Waals surface area contributed by atoms with Crippen LogP contribution in [0.1, 0.15) is 21.1 Å². The topological polar surface area (TPSA) is 63.2 Å². The second-order valence-electron chi connectivity index (χ2n) is 5.14.